The molecule has 0 spiro atoms. The standard InChI is InChI=1S/C22H31N3O3.HI/c1-7-23-22(24-13-17-10-14(2)21(26)15(3)11-17)25-16(4)19-12-18(27-5)8-9-20(19)28-6;/h8-12,16,26H,7,13H2,1-6H3,(H2,23,24,25);1H. The van der Waals surface area contributed by atoms with E-state index < -0.39 is 0 Å². The highest BCUT2D eigenvalue weighted by molar-refractivity contribution is 14.0. The van der Waals surface area contributed by atoms with Crippen LogP contribution in [0.3, 0.4) is 0 Å². The van der Waals surface area contributed by atoms with E-state index in [9.17, 15) is 5.11 Å². The summed E-state index contributed by atoms with van der Waals surface area (Å²) in [7, 11) is 3.31. The van der Waals surface area contributed by atoms with Crippen molar-refractivity contribution in [1.82, 2.24) is 10.6 Å². The quantitative estimate of drug-likeness (QED) is 0.290. The third-order valence-corrected chi connectivity index (χ3v) is 4.57. The molecular formula is C22H32IN3O3. The molecule has 7 heteroatoms. The summed E-state index contributed by atoms with van der Waals surface area (Å²) in [6.07, 6.45) is 0. The van der Waals surface area contributed by atoms with Crippen molar-refractivity contribution < 1.29 is 14.6 Å². The lowest BCUT2D eigenvalue weighted by atomic mass is 10.1. The van der Waals surface area contributed by atoms with Gasteiger partial charge in [-0.2, -0.15) is 0 Å². The molecule has 6 nitrogen and oxygen atoms in total. The van der Waals surface area contributed by atoms with Crippen LogP contribution in [0.25, 0.3) is 0 Å². The van der Waals surface area contributed by atoms with Crippen molar-refractivity contribution >= 4 is 29.9 Å². The van der Waals surface area contributed by atoms with Crippen molar-refractivity contribution in [1.29, 1.82) is 0 Å². The van der Waals surface area contributed by atoms with Crippen LogP contribution in [-0.2, 0) is 6.54 Å². The van der Waals surface area contributed by atoms with Gasteiger partial charge in [0.15, 0.2) is 5.96 Å². The van der Waals surface area contributed by atoms with E-state index in [0.717, 1.165) is 40.3 Å². The Morgan fingerprint density at radius 3 is 2.31 bits per heavy atom. The van der Waals surface area contributed by atoms with Crippen LogP contribution in [0.1, 0.15) is 42.1 Å². The number of hydrogen-bond donors (Lipinski definition) is 3. The normalized spacial score (nSPS) is 12.0. The van der Waals surface area contributed by atoms with E-state index in [2.05, 4.69) is 17.6 Å². The predicted octanol–water partition coefficient (Wildman–Crippen LogP) is 4.46. The SMILES string of the molecule is CCNC(=NCc1cc(C)c(O)c(C)c1)NC(C)c1cc(OC)ccc1OC.I. The maximum Gasteiger partial charge on any atom is 0.192 e. The number of aromatic hydroxyl groups is 1. The van der Waals surface area contributed by atoms with Gasteiger partial charge in [-0.05, 0) is 62.6 Å². The summed E-state index contributed by atoms with van der Waals surface area (Å²) < 4.78 is 10.8. The third kappa shape index (κ3) is 6.69. The number of hydrogen-bond acceptors (Lipinski definition) is 4. The minimum atomic E-state index is -0.0360. The van der Waals surface area contributed by atoms with Gasteiger partial charge in [-0.15, -0.1) is 24.0 Å². The molecule has 2 aromatic carbocycles. The molecule has 1 unspecified atom stereocenters. The number of nitrogens with one attached hydrogen (secondary N) is 2. The van der Waals surface area contributed by atoms with Gasteiger partial charge < -0.3 is 25.2 Å². The van der Waals surface area contributed by atoms with E-state index >= 15 is 0 Å². The van der Waals surface area contributed by atoms with Crippen molar-refractivity contribution in [3.63, 3.8) is 0 Å². The Balaban J connectivity index is 0.00000420. The number of aliphatic imine (C=N–C) groups is 1. The lowest BCUT2D eigenvalue weighted by molar-refractivity contribution is 0.394. The lowest BCUT2D eigenvalue weighted by Gasteiger charge is -2.21. The number of benzene rings is 2. The smallest absolute Gasteiger partial charge is 0.192 e. The zero-order chi connectivity index (χ0) is 20.7. The Hall–Kier alpha value is -2.16. The molecule has 0 aliphatic heterocycles. The van der Waals surface area contributed by atoms with Gasteiger partial charge in [-0.25, -0.2) is 4.99 Å². The fourth-order valence-electron chi connectivity index (χ4n) is 3.09. The zero-order valence-corrected chi connectivity index (χ0v) is 20.3. The highest BCUT2D eigenvalue weighted by atomic mass is 127. The van der Waals surface area contributed by atoms with E-state index in [1.54, 1.807) is 14.2 Å². The Labute approximate surface area is 190 Å². The molecule has 0 aliphatic carbocycles. The Morgan fingerprint density at radius 2 is 1.76 bits per heavy atom. The second kappa shape index (κ2) is 11.7. The van der Waals surface area contributed by atoms with Crippen LogP contribution in [0.2, 0.25) is 0 Å². The summed E-state index contributed by atoms with van der Waals surface area (Å²) in [6.45, 7) is 9.15. The summed E-state index contributed by atoms with van der Waals surface area (Å²) in [5, 5.41) is 16.6. The summed E-state index contributed by atoms with van der Waals surface area (Å²) in [6, 6.07) is 9.63. The van der Waals surface area contributed by atoms with Crippen molar-refractivity contribution in [2.24, 2.45) is 4.99 Å². The van der Waals surface area contributed by atoms with Gasteiger partial charge >= 0.3 is 0 Å². The first kappa shape index (κ1) is 24.9. The molecule has 0 fully saturated rings. The largest absolute Gasteiger partial charge is 0.507 e. The third-order valence-electron chi connectivity index (χ3n) is 4.57. The molecule has 3 N–H and O–H groups in total. The molecule has 0 aliphatic rings. The number of methoxy groups -OCH3 is 2. The average Bonchev–Trinajstić information content (AvgIpc) is 2.69. The molecule has 0 radical (unpaired) electrons. The first-order chi connectivity index (χ1) is 13.4. The molecule has 160 valence electrons. The van der Waals surface area contributed by atoms with E-state index in [-0.39, 0.29) is 30.0 Å². The summed E-state index contributed by atoms with van der Waals surface area (Å²) >= 11 is 0. The molecule has 0 heterocycles. The van der Waals surface area contributed by atoms with Crippen molar-refractivity contribution in [2.45, 2.75) is 40.3 Å². The number of aryl methyl sites for hydroxylation is 2. The topological polar surface area (TPSA) is 75.1 Å². The van der Waals surface area contributed by atoms with Crippen molar-refractivity contribution in [3.8, 4) is 17.2 Å². The maximum absolute atomic E-state index is 9.95. The molecule has 0 aromatic heterocycles. The number of guanidine groups is 1. The van der Waals surface area contributed by atoms with Gasteiger partial charge in [0.25, 0.3) is 0 Å². The molecule has 0 amide bonds. The zero-order valence-electron chi connectivity index (χ0n) is 18.0. The number of rotatable bonds is 7. The monoisotopic (exact) mass is 513 g/mol. The van der Waals surface area contributed by atoms with Crippen LogP contribution in [0.4, 0.5) is 0 Å². The second-order valence-electron chi connectivity index (χ2n) is 6.75. The van der Waals surface area contributed by atoms with Crippen LogP contribution < -0.4 is 20.1 Å². The molecule has 2 rings (SSSR count). The molecule has 0 saturated carbocycles. The minimum Gasteiger partial charge on any atom is -0.507 e. The fourth-order valence-corrected chi connectivity index (χ4v) is 3.09. The van der Waals surface area contributed by atoms with Gasteiger partial charge in [0, 0.05) is 12.1 Å². The number of ether oxygens (including phenoxy) is 2. The number of halogens is 1. The Kier molecular flexibility index (Phi) is 10.1. The summed E-state index contributed by atoms with van der Waals surface area (Å²) in [4.78, 5) is 4.70. The number of nitrogens with zero attached hydrogens (tertiary/aromatic N) is 1. The van der Waals surface area contributed by atoms with E-state index in [1.807, 2.05) is 51.1 Å². The van der Waals surface area contributed by atoms with Crippen LogP contribution in [0.15, 0.2) is 35.3 Å². The van der Waals surface area contributed by atoms with Crippen LogP contribution >= 0.6 is 24.0 Å². The number of phenols is 1. The van der Waals surface area contributed by atoms with Gasteiger partial charge in [-0.3, -0.25) is 0 Å². The molecule has 0 saturated heterocycles. The van der Waals surface area contributed by atoms with Crippen LogP contribution in [0.5, 0.6) is 17.2 Å². The first-order valence-corrected chi connectivity index (χ1v) is 9.45. The van der Waals surface area contributed by atoms with E-state index in [1.165, 1.54) is 0 Å². The minimum absolute atomic E-state index is 0. The number of phenolic OH excluding ortho intramolecular Hbond substituents is 1. The van der Waals surface area contributed by atoms with Crippen LogP contribution in [0, 0.1) is 13.8 Å². The van der Waals surface area contributed by atoms with Gasteiger partial charge in [0.1, 0.15) is 17.2 Å². The molecular weight excluding hydrogens is 481 g/mol. The predicted molar refractivity (Wildman–Crippen MR) is 129 cm³/mol. The van der Waals surface area contributed by atoms with E-state index in [0.29, 0.717) is 18.3 Å². The van der Waals surface area contributed by atoms with E-state index in [4.69, 9.17) is 14.5 Å². The molecule has 1 atom stereocenters. The highest BCUT2D eigenvalue weighted by Gasteiger charge is 2.14. The first-order valence-electron chi connectivity index (χ1n) is 9.45. The Bertz CT molecular complexity index is 817. The Morgan fingerprint density at radius 1 is 1.10 bits per heavy atom. The van der Waals surface area contributed by atoms with Gasteiger partial charge in [-0.1, -0.05) is 12.1 Å². The van der Waals surface area contributed by atoms with Gasteiger partial charge in [0.05, 0.1) is 26.8 Å². The molecule has 2 aromatic rings. The summed E-state index contributed by atoms with van der Waals surface area (Å²) in [5.41, 5.74) is 3.76. The second-order valence-corrected chi connectivity index (χ2v) is 6.75. The van der Waals surface area contributed by atoms with Gasteiger partial charge in [0.2, 0.25) is 0 Å². The van der Waals surface area contributed by atoms with Crippen molar-refractivity contribution in [3.05, 3.63) is 52.6 Å². The molecule has 0 bridgehead atoms. The fraction of sp³-hybridized carbons (Fsp3) is 0.409. The average molecular weight is 513 g/mol. The lowest BCUT2D eigenvalue weighted by Crippen LogP contribution is -2.38. The molecule has 29 heavy (non-hydrogen) atoms. The van der Waals surface area contributed by atoms with Crippen LogP contribution in [-0.4, -0.2) is 31.8 Å². The maximum atomic E-state index is 9.95. The highest BCUT2D eigenvalue weighted by Crippen LogP contribution is 2.29. The summed E-state index contributed by atoms with van der Waals surface area (Å²) in [5.74, 6) is 2.63. The van der Waals surface area contributed by atoms with Crippen molar-refractivity contribution in [2.75, 3.05) is 20.8 Å².